The van der Waals surface area contributed by atoms with Gasteiger partial charge in [-0.15, -0.1) is 0 Å². The predicted molar refractivity (Wildman–Crippen MR) is 112 cm³/mol. The van der Waals surface area contributed by atoms with Crippen LogP contribution in [0.15, 0.2) is 58.2 Å². The Balaban J connectivity index is 1.68. The molecule has 2 aromatic carbocycles. The maximum absolute atomic E-state index is 6.32. The first-order valence-corrected chi connectivity index (χ1v) is 10.5. The highest BCUT2D eigenvalue weighted by Gasteiger charge is 2.17. The Morgan fingerprint density at radius 2 is 2.08 bits per heavy atom. The van der Waals surface area contributed by atoms with E-state index in [0.29, 0.717) is 22.4 Å². The van der Waals surface area contributed by atoms with Crippen molar-refractivity contribution in [3.8, 4) is 0 Å². The lowest BCUT2D eigenvalue weighted by atomic mass is 10.1. The summed E-state index contributed by atoms with van der Waals surface area (Å²) in [4.78, 5) is 8.64. The summed E-state index contributed by atoms with van der Waals surface area (Å²) >= 11 is 17.5. The molecule has 0 aliphatic carbocycles. The topological polar surface area (TPSA) is 37.9 Å². The minimum Gasteiger partial charge on any atom is -0.359 e. The minimum atomic E-state index is -0.215. The highest BCUT2D eigenvalue weighted by Crippen LogP contribution is 2.29. The van der Waals surface area contributed by atoms with E-state index in [2.05, 4.69) is 51.0 Å². The molecule has 0 radical (unpaired) electrons. The van der Waals surface area contributed by atoms with Crippen molar-refractivity contribution < 1.29 is 4.74 Å². The van der Waals surface area contributed by atoms with Crippen molar-refractivity contribution in [1.82, 2.24) is 9.97 Å². The summed E-state index contributed by atoms with van der Waals surface area (Å²) in [5, 5.41) is 1.25. The summed E-state index contributed by atoms with van der Waals surface area (Å²) < 4.78 is 7.22. The van der Waals surface area contributed by atoms with E-state index in [1.165, 1.54) is 5.56 Å². The van der Waals surface area contributed by atoms with Gasteiger partial charge in [0.15, 0.2) is 0 Å². The number of aromatic nitrogens is 2. The van der Waals surface area contributed by atoms with Crippen LogP contribution in [-0.2, 0) is 11.2 Å². The molecule has 3 rings (SSSR count). The van der Waals surface area contributed by atoms with E-state index in [0.717, 1.165) is 20.8 Å². The molecule has 0 spiro atoms. The summed E-state index contributed by atoms with van der Waals surface area (Å²) in [6, 6.07) is 11.8. The minimum absolute atomic E-state index is 0.215. The van der Waals surface area contributed by atoms with Crippen LogP contribution >= 0.6 is 50.9 Å². The Hall–Kier alpha value is -0.980. The van der Waals surface area contributed by atoms with Crippen LogP contribution in [0.2, 0.25) is 10.0 Å². The summed E-state index contributed by atoms with van der Waals surface area (Å²) in [5.41, 5.74) is 2.17. The van der Waals surface area contributed by atoms with E-state index >= 15 is 0 Å². The van der Waals surface area contributed by atoms with E-state index in [4.69, 9.17) is 27.9 Å². The SMILES string of the molecule is Cc1cc(SCOC(Cc2ccc(Cl)cc2Cl)c2ncc[nH]2)ccc1Br. The monoisotopic (exact) mass is 470 g/mol. The third-order valence-electron chi connectivity index (χ3n) is 3.87. The van der Waals surface area contributed by atoms with Crippen molar-refractivity contribution >= 4 is 50.9 Å². The molecule has 0 aliphatic heterocycles. The summed E-state index contributed by atoms with van der Waals surface area (Å²) in [6.45, 7) is 2.07. The number of imidazole rings is 1. The number of benzene rings is 2. The number of rotatable bonds is 7. The number of hydrogen-bond acceptors (Lipinski definition) is 3. The third-order valence-corrected chi connectivity index (χ3v) is 6.19. The van der Waals surface area contributed by atoms with Gasteiger partial charge in [-0.25, -0.2) is 4.98 Å². The summed E-state index contributed by atoms with van der Waals surface area (Å²) in [5.74, 6) is 1.29. The molecule has 0 saturated carbocycles. The number of H-pyrrole nitrogens is 1. The molecule has 1 unspecified atom stereocenters. The van der Waals surface area contributed by atoms with Gasteiger partial charge in [0.2, 0.25) is 0 Å². The number of ether oxygens (including phenoxy) is 1. The van der Waals surface area contributed by atoms with Gasteiger partial charge in [0.05, 0.1) is 5.94 Å². The summed E-state index contributed by atoms with van der Waals surface area (Å²) in [7, 11) is 0. The number of thioether (sulfide) groups is 1. The normalized spacial score (nSPS) is 12.3. The Morgan fingerprint density at radius 3 is 2.77 bits per heavy atom. The maximum atomic E-state index is 6.32. The van der Waals surface area contributed by atoms with Crippen LogP contribution < -0.4 is 0 Å². The Morgan fingerprint density at radius 1 is 1.23 bits per heavy atom. The van der Waals surface area contributed by atoms with Gasteiger partial charge in [-0.2, -0.15) is 0 Å². The molecule has 1 aromatic heterocycles. The van der Waals surface area contributed by atoms with Gasteiger partial charge in [-0.3, -0.25) is 0 Å². The first-order chi connectivity index (χ1) is 12.5. The molecule has 26 heavy (non-hydrogen) atoms. The standard InChI is InChI=1S/C19H17BrCl2N2OS/c1-12-8-15(4-5-16(12)20)26-11-25-18(19-23-6-7-24-19)9-13-2-3-14(21)10-17(13)22/h2-8,10,18H,9,11H2,1H3,(H,23,24). The largest absolute Gasteiger partial charge is 0.359 e. The van der Waals surface area contributed by atoms with Crippen molar-refractivity contribution in [3.05, 3.63) is 80.3 Å². The van der Waals surface area contributed by atoms with Crippen LogP contribution in [0.1, 0.15) is 23.1 Å². The average molecular weight is 472 g/mol. The molecule has 0 saturated heterocycles. The lowest BCUT2D eigenvalue weighted by Crippen LogP contribution is -2.10. The van der Waals surface area contributed by atoms with E-state index < -0.39 is 0 Å². The molecule has 0 fully saturated rings. The predicted octanol–water partition coefficient (Wildman–Crippen LogP) is 6.84. The fourth-order valence-corrected chi connectivity index (χ4v) is 3.99. The van der Waals surface area contributed by atoms with Gasteiger partial charge in [-0.1, -0.05) is 57.0 Å². The second-order valence-electron chi connectivity index (χ2n) is 5.74. The zero-order chi connectivity index (χ0) is 18.5. The number of nitrogens with zero attached hydrogens (tertiary/aromatic N) is 1. The molecule has 3 aromatic rings. The molecule has 136 valence electrons. The first-order valence-electron chi connectivity index (χ1n) is 7.96. The van der Waals surface area contributed by atoms with Crippen LogP contribution in [0.3, 0.4) is 0 Å². The molecule has 1 atom stereocenters. The number of aromatic amines is 1. The lowest BCUT2D eigenvalue weighted by molar-refractivity contribution is 0.0843. The van der Waals surface area contributed by atoms with Gasteiger partial charge in [0, 0.05) is 38.2 Å². The Labute approximate surface area is 175 Å². The van der Waals surface area contributed by atoms with Gasteiger partial charge in [-0.05, 0) is 48.4 Å². The number of hydrogen-bond donors (Lipinski definition) is 1. The van der Waals surface area contributed by atoms with Gasteiger partial charge >= 0.3 is 0 Å². The fraction of sp³-hybridized carbons (Fsp3) is 0.211. The lowest BCUT2D eigenvalue weighted by Gasteiger charge is -2.17. The maximum Gasteiger partial charge on any atom is 0.135 e. The van der Waals surface area contributed by atoms with Gasteiger partial charge < -0.3 is 9.72 Å². The molecular weight excluding hydrogens is 455 g/mol. The van der Waals surface area contributed by atoms with Crippen LogP contribution in [0.5, 0.6) is 0 Å². The quantitative estimate of drug-likeness (QED) is 0.302. The number of aryl methyl sites for hydroxylation is 1. The zero-order valence-electron chi connectivity index (χ0n) is 14.0. The highest BCUT2D eigenvalue weighted by atomic mass is 79.9. The smallest absolute Gasteiger partial charge is 0.135 e. The van der Waals surface area contributed by atoms with Crippen LogP contribution in [0.4, 0.5) is 0 Å². The van der Waals surface area contributed by atoms with Crippen molar-refractivity contribution in [2.75, 3.05) is 5.94 Å². The second-order valence-corrected chi connectivity index (χ2v) is 8.44. The van der Waals surface area contributed by atoms with Gasteiger partial charge in [0.1, 0.15) is 11.9 Å². The van der Waals surface area contributed by atoms with E-state index in [1.54, 1.807) is 30.2 Å². The summed E-state index contributed by atoms with van der Waals surface area (Å²) in [6.07, 6.45) is 3.91. The molecule has 0 amide bonds. The van der Waals surface area contributed by atoms with E-state index in [9.17, 15) is 0 Å². The number of nitrogens with one attached hydrogen (secondary N) is 1. The van der Waals surface area contributed by atoms with Crippen LogP contribution in [0.25, 0.3) is 0 Å². The highest BCUT2D eigenvalue weighted by molar-refractivity contribution is 9.10. The Kier molecular flexibility index (Phi) is 7.06. The van der Waals surface area contributed by atoms with Crippen molar-refractivity contribution in [2.45, 2.75) is 24.3 Å². The zero-order valence-corrected chi connectivity index (χ0v) is 17.9. The molecule has 1 heterocycles. The van der Waals surface area contributed by atoms with Crippen molar-refractivity contribution in [1.29, 1.82) is 0 Å². The third kappa shape index (κ3) is 5.27. The number of halogens is 3. The molecule has 3 nitrogen and oxygen atoms in total. The molecule has 1 N–H and O–H groups in total. The molecule has 0 bridgehead atoms. The average Bonchev–Trinajstić information content (AvgIpc) is 3.13. The fourth-order valence-electron chi connectivity index (χ4n) is 2.47. The van der Waals surface area contributed by atoms with Gasteiger partial charge in [0.25, 0.3) is 0 Å². The molecule has 0 aliphatic rings. The van der Waals surface area contributed by atoms with E-state index in [-0.39, 0.29) is 6.10 Å². The first kappa shape index (κ1) is 19.8. The van der Waals surface area contributed by atoms with Crippen molar-refractivity contribution in [3.63, 3.8) is 0 Å². The van der Waals surface area contributed by atoms with E-state index in [1.807, 2.05) is 12.1 Å². The molecule has 7 heteroatoms. The van der Waals surface area contributed by atoms with Crippen LogP contribution in [0, 0.1) is 6.92 Å². The molecular formula is C19H17BrCl2N2OS. The Bertz CT molecular complexity index is 874. The van der Waals surface area contributed by atoms with Crippen molar-refractivity contribution in [2.24, 2.45) is 0 Å². The second kappa shape index (κ2) is 9.29. The van der Waals surface area contributed by atoms with Crippen LogP contribution in [-0.4, -0.2) is 15.9 Å².